The number of guanidine groups is 1. The second kappa shape index (κ2) is 15.3. The van der Waals surface area contributed by atoms with Crippen molar-refractivity contribution in [3.63, 3.8) is 0 Å². The Bertz CT molecular complexity index is 448. The molecular formula is C20H41IN6O. The van der Waals surface area contributed by atoms with Gasteiger partial charge in [-0.2, -0.15) is 0 Å². The Balaban J connectivity index is 0.00000392. The van der Waals surface area contributed by atoms with E-state index in [0.29, 0.717) is 12.6 Å². The van der Waals surface area contributed by atoms with Crippen LogP contribution in [0.1, 0.15) is 58.3 Å². The third-order valence-electron chi connectivity index (χ3n) is 5.50. The number of rotatable bonds is 10. The zero-order valence-corrected chi connectivity index (χ0v) is 20.0. The first-order valence-corrected chi connectivity index (χ1v) is 10.9. The average molecular weight is 508 g/mol. The number of carbonyl (C=O) groups excluding carboxylic acids is 1. The van der Waals surface area contributed by atoms with Crippen LogP contribution in [-0.2, 0) is 4.79 Å². The third-order valence-corrected chi connectivity index (χ3v) is 5.50. The second-order valence-electron chi connectivity index (χ2n) is 7.88. The minimum absolute atomic E-state index is 0. The van der Waals surface area contributed by atoms with Crippen LogP contribution in [0.15, 0.2) is 4.99 Å². The van der Waals surface area contributed by atoms with E-state index in [2.05, 4.69) is 27.4 Å². The topological polar surface area (TPSA) is 86.0 Å². The van der Waals surface area contributed by atoms with Gasteiger partial charge in [0.25, 0.3) is 0 Å². The van der Waals surface area contributed by atoms with Crippen LogP contribution in [0.2, 0.25) is 0 Å². The molecule has 8 heteroatoms. The van der Waals surface area contributed by atoms with E-state index in [0.717, 1.165) is 51.4 Å². The van der Waals surface area contributed by atoms with Gasteiger partial charge in [-0.15, -0.1) is 24.0 Å². The predicted octanol–water partition coefficient (Wildman–Crippen LogP) is 1.77. The molecule has 28 heavy (non-hydrogen) atoms. The number of nitrogens with two attached hydrogens (primary N) is 1. The average Bonchev–Trinajstić information content (AvgIpc) is 2.66. The number of nitrogens with zero attached hydrogens (tertiary/aromatic N) is 3. The maximum Gasteiger partial charge on any atom is 0.231 e. The van der Waals surface area contributed by atoms with E-state index in [1.54, 1.807) is 0 Å². The standard InChI is InChI=1S/C20H40N6O.HI/c1-2-22-20(24-18-9-15-26(16-10-18)17-19(21)27)23-11-5-3-6-12-25-13-7-4-8-14-25;/h18H,2-17H2,1H3,(H2,21,27)(H2,22,23,24);1H. The SMILES string of the molecule is CCNC(=NCCCCCN1CCCCC1)NC1CCN(CC(N)=O)CC1.I. The summed E-state index contributed by atoms with van der Waals surface area (Å²) in [5.41, 5.74) is 5.28. The van der Waals surface area contributed by atoms with Gasteiger partial charge >= 0.3 is 0 Å². The molecule has 2 saturated heterocycles. The molecule has 0 atom stereocenters. The van der Waals surface area contributed by atoms with E-state index in [1.807, 2.05) is 0 Å². The molecule has 7 nitrogen and oxygen atoms in total. The molecule has 164 valence electrons. The summed E-state index contributed by atoms with van der Waals surface area (Å²) in [5.74, 6) is 0.693. The number of unbranched alkanes of at least 4 members (excludes halogenated alkanes) is 2. The molecule has 2 fully saturated rings. The molecule has 2 heterocycles. The second-order valence-corrected chi connectivity index (χ2v) is 7.88. The molecule has 2 rings (SSSR count). The van der Waals surface area contributed by atoms with Crippen molar-refractivity contribution in [2.24, 2.45) is 10.7 Å². The van der Waals surface area contributed by atoms with Crippen LogP contribution >= 0.6 is 24.0 Å². The van der Waals surface area contributed by atoms with Gasteiger partial charge in [0.2, 0.25) is 5.91 Å². The minimum Gasteiger partial charge on any atom is -0.369 e. The Hall–Kier alpha value is -0.610. The number of likely N-dealkylation sites (tertiary alicyclic amines) is 2. The van der Waals surface area contributed by atoms with E-state index >= 15 is 0 Å². The highest BCUT2D eigenvalue weighted by molar-refractivity contribution is 14.0. The van der Waals surface area contributed by atoms with Crippen molar-refractivity contribution in [1.29, 1.82) is 0 Å². The van der Waals surface area contributed by atoms with Crippen LogP contribution in [0.3, 0.4) is 0 Å². The molecule has 2 aliphatic rings. The molecule has 0 unspecified atom stereocenters. The number of piperidine rings is 2. The Labute approximate surface area is 188 Å². The first kappa shape index (κ1) is 25.4. The van der Waals surface area contributed by atoms with Gasteiger partial charge in [0.05, 0.1) is 6.54 Å². The maximum atomic E-state index is 11.0. The molecule has 0 radical (unpaired) electrons. The fourth-order valence-electron chi connectivity index (χ4n) is 3.97. The number of aliphatic imine (C=N–C) groups is 1. The summed E-state index contributed by atoms with van der Waals surface area (Å²) in [4.78, 5) is 20.5. The predicted molar refractivity (Wildman–Crippen MR) is 127 cm³/mol. The number of primary amides is 1. The Morgan fingerprint density at radius 2 is 1.75 bits per heavy atom. The lowest BCUT2D eigenvalue weighted by atomic mass is 10.1. The summed E-state index contributed by atoms with van der Waals surface area (Å²) in [6, 6.07) is 0.422. The lowest BCUT2D eigenvalue weighted by Crippen LogP contribution is -2.49. The largest absolute Gasteiger partial charge is 0.369 e. The normalized spacial score (nSPS) is 19.8. The van der Waals surface area contributed by atoms with Gasteiger partial charge in [-0.05, 0) is 65.1 Å². The first-order valence-electron chi connectivity index (χ1n) is 10.9. The Morgan fingerprint density at radius 3 is 2.39 bits per heavy atom. The molecule has 0 bridgehead atoms. The molecule has 0 aromatic rings. The molecule has 0 aromatic heterocycles. The van der Waals surface area contributed by atoms with Gasteiger partial charge < -0.3 is 21.3 Å². The van der Waals surface area contributed by atoms with Crippen LogP contribution in [-0.4, -0.2) is 80.1 Å². The fraction of sp³-hybridized carbons (Fsp3) is 0.900. The van der Waals surface area contributed by atoms with E-state index in [4.69, 9.17) is 10.7 Å². The van der Waals surface area contributed by atoms with Crippen molar-refractivity contribution in [3.05, 3.63) is 0 Å². The summed E-state index contributed by atoms with van der Waals surface area (Å²) >= 11 is 0. The Morgan fingerprint density at radius 1 is 1.04 bits per heavy atom. The molecule has 0 aliphatic carbocycles. The summed E-state index contributed by atoms with van der Waals surface area (Å²) in [6.07, 6.45) is 9.91. The van der Waals surface area contributed by atoms with E-state index in [9.17, 15) is 4.79 Å². The van der Waals surface area contributed by atoms with E-state index < -0.39 is 0 Å². The zero-order chi connectivity index (χ0) is 19.3. The quantitative estimate of drug-likeness (QED) is 0.181. The molecule has 0 aromatic carbocycles. The van der Waals surface area contributed by atoms with Crippen LogP contribution < -0.4 is 16.4 Å². The van der Waals surface area contributed by atoms with Gasteiger partial charge in [-0.3, -0.25) is 14.7 Å². The molecular weight excluding hydrogens is 467 g/mol. The number of amides is 1. The van der Waals surface area contributed by atoms with E-state index in [1.165, 1.54) is 51.7 Å². The summed E-state index contributed by atoms with van der Waals surface area (Å²) < 4.78 is 0. The number of nitrogens with one attached hydrogen (secondary N) is 2. The highest BCUT2D eigenvalue weighted by atomic mass is 127. The number of halogens is 1. The van der Waals surface area contributed by atoms with Gasteiger partial charge in [-0.1, -0.05) is 12.8 Å². The van der Waals surface area contributed by atoms with Crippen molar-refractivity contribution in [3.8, 4) is 0 Å². The molecule has 0 spiro atoms. The highest BCUT2D eigenvalue weighted by Gasteiger charge is 2.20. The highest BCUT2D eigenvalue weighted by Crippen LogP contribution is 2.11. The van der Waals surface area contributed by atoms with Gasteiger partial charge in [0.15, 0.2) is 5.96 Å². The van der Waals surface area contributed by atoms with Crippen molar-refractivity contribution in [1.82, 2.24) is 20.4 Å². The number of carbonyl (C=O) groups is 1. The third kappa shape index (κ3) is 10.8. The zero-order valence-electron chi connectivity index (χ0n) is 17.6. The lowest BCUT2D eigenvalue weighted by molar-refractivity contribution is -0.119. The van der Waals surface area contributed by atoms with Crippen LogP contribution in [0.25, 0.3) is 0 Å². The van der Waals surface area contributed by atoms with Crippen LogP contribution in [0.4, 0.5) is 0 Å². The van der Waals surface area contributed by atoms with Crippen molar-refractivity contribution >= 4 is 35.8 Å². The van der Waals surface area contributed by atoms with Crippen molar-refractivity contribution in [2.45, 2.75) is 64.3 Å². The van der Waals surface area contributed by atoms with Gasteiger partial charge in [0.1, 0.15) is 0 Å². The van der Waals surface area contributed by atoms with Crippen molar-refractivity contribution in [2.75, 3.05) is 52.4 Å². The van der Waals surface area contributed by atoms with Crippen LogP contribution in [0.5, 0.6) is 0 Å². The lowest BCUT2D eigenvalue weighted by Gasteiger charge is -2.32. The van der Waals surface area contributed by atoms with Crippen LogP contribution in [0, 0.1) is 0 Å². The first-order chi connectivity index (χ1) is 13.2. The molecule has 2 aliphatic heterocycles. The fourth-order valence-corrected chi connectivity index (χ4v) is 3.97. The van der Waals surface area contributed by atoms with Gasteiger partial charge in [0, 0.05) is 32.2 Å². The van der Waals surface area contributed by atoms with E-state index in [-0.39, 0.29) is 29.9 Å². The smallest absolute Gasteiger partial charge is 0.231 e. The number of hydrogen-bond donors (Lipinski definition) is 3. The summed E-state index contributed by atoms with van der Waals surface area (Å²) in [6.45, 7) is 9.91. The maximum absolute atomic E-state index is 11.0. The van der Waals surface area contributed by atoms with Crippen molar-refractivity contribution < 1.29 is 4.79 Å². The molecule has 1 amide bonds. The minimum atomic E-state index is -0.239. The molecule has 0 saturated carbocycles. The summed E-state index contributed by atoms with van der Waals surface area (Å²) in [5, 5.41) is 6.92. The monoisotopic (exact) mass is 508 g/mol. The van der Waals surface area contributed by atoms with Gasteiger partial charge in [-0.25, -0.2) is 0 Å². The molecule has 4 N–H and O–H groups in total. The summed E-state index contributed by atoms with van der Waals surface area (Å²) in [7, 11) is 0. The number of hydrogen-bond acceptors (Lipinski definition) is 4. The Kier molecular flexibility index (Phi) is 13.9.